The molecule has 1 heterocycles. The summed E-state index contributed by atoms with van der Waals surface area (Å²) < 4.78 is 19.9. The van der Waals surface area contributed by atoms with Crippen LogP contribution in [0.5, 0.6) is 0 Å². The van der Waals surface area contributed by atoms with Crippen LogP contribution in [0.3, 0.4) is 0 Å². The molecule has 510 valence electrons. The summed E-state index contributed by atoms with van der Waals surface area (Å²) in [7, 11) is -0.101. The zero-order chi connectivity index (χ0) is 71.0. The number of Topliss-reactive ketones (excluding diaryl/α,β-unsaturated/α-hetero) is 4. The molecule has 0 spiro atoms. The van der Waals surface area contributed by atoms with E-state index in [-0.39, 0.29) is 28.4 Å². The molecule has 1 saturated carbocycles. The van der Waals surface area contributed by atoms with Crippen molar-refractivity contribution in [3.05, 3.63) is 272 Å². The highest BCUT2D eigenvalue weighted by Gasteiger charge is 2.45. The first kappa shape index (κ1) is 76.0. The first-order valence-corrected chi connectivity index (χ1v) is 35.2. The average Bonchev–Trinajstić information content (AvgIpc) is 0.755. The minimum absolute atomic E-state index is 0.109. The van der Waals surface area contributed by atoms with Gasteiger partial charge in [0.25, 0.3) is 0 Å². The molecule has 0 aromatic heterocycles. The number of hydrogen-bond acceptors (Lipinski definition) is 13. The molecule has 8 aromatic rings. The molecule has 1 aliphatic heterocycles. The molecule has 3 N–H and O–H groups in total. The van der Waals surface area contributed by atoms with Crippen LogP contribution in [-0.2, 0) is 22.1 Å². The Bertz CT molecular complexity index is 3880. The Labute approximate surface area is 574 Å². The molecule has 0 amide bonds. The molecule has 13 nitrogen and oxygen atoms in total. The van der Waals surface area contributed by atoms with Gasteiger partial charge in [-0.05, 0) is 179 Å². The third-order valence-corrected chi connectivity index (χ3v) is 20.9. The van der Waals surface area contributed by atoms with Gasteiger partial charge < -0.3 is 29.5 Å². The summed E-state index contributed by atoms with van der Waals surface area (Å²) in [6.07, 6.45) is 6.39. The van der Waals surface area contributed by atoms with Crippen molar-refractivity contribution in [2.24, 2.45) is 0 Å². The summed E-state index contributed by atoms with van der Waals surface area (Å²) in [5.74, 6) is -0.544. The van der Waals surface area contributed by atoms with E-state index in [4.69, 9.17) is 4.74 Å². The fourth-order valence-corrected chi connectivity index (χ4v) is 15.5. The van der Waals surface area contributed by atoms with E-state index < -0.39 is 40.5 Å². The number of nitrogens with zero attached hydrogens (tertiary/aromatic N) is 2. The number of carbonyl (C=O) groups is 6. The molecule has 1 atom stereocenters. The van der Waals surface area contributed by atoms with Crippen LogP contribution in [-0.4, -0.2) is 117 Å². The van der Waals surface area contributed by atoms with Gasteiger partial charge in [0, 0.05) is 57.5 Å². The van der Waals surface area contributed by atoms with E-state index in [1.165, 1.54) is 33.3 Å². The van der Waals surface area contributed by atoms with Crippen molar-refractivity contribution < 1.29 is 53.4 Å². The molecule has 1 aliphatic carbocycles. The van der Waals surface area contributed by atoms with Crippen LogP contribution in [0, 0.1) is 41.5 Å². The molecule has 2 fully saturated rings. The zero-order valence-electron chi connectivity index (χ0n) is 58.8. The minimum atomic E-state index is -4.11. The number of rotatable bonds is 20. The second-order valence-corrected chi connectivity index (χ2v) is 29.7. The molecule has 1 unspecified atom stereocenters. The fourth-order valence-electron chi connectivity index (χ4n) is 12.9. The van der Waals surface area contributed by atoms with Crippen molar-refractivity contribution in [1.82, 2.24) is 4.90 Å². The molecule has 10 rings (SSSR count). The summed E-state index contributed by atoms with van der Waals surface area (Å²) >= 11 is 0. The van der Waals surface area contributed by atoms with Crippen LogP contribution < -0.4 is 10.2 Å². The van der Waals surface area contributed by atoms with Gasteiger partial charge in [-0.3, -0.25) is 33.7 Å². The first-order chi connectivity index (χ1) is 45.8. The van der Waals surface area contributed by atoms with Gasteiger partial charge in [0.2, 0.25) is 18.2 Å². The van der Waals surface area contributed by atoms with E-state index in [0.29, 0.717) is 53.5 Å². The maximum atomic E-state index is 14.5. The standard InChI is InChI=1S/C26H27O3P.C23H30N2O2.C21H24O4.C13H16O2/c1-16-12-18(3)23(19(4)13-16)25(27)30(29,22-10-8-7-9-11-22)26(28)24-20(5)14-17(2)15-21(24)6;1-4-23(24(2)3,18-19-8-6-5-7-9-19)22(26)20-10-12-21(13-11-20)25-14-16-27-17-15-25;1-20(2,24)18(22)16-9-5-14(6-10-16)13-15-7-11-17(12-8-15)19(23)21(3,4)25;14-12(11-7-3-1-4-8-11)13(15)9-5-2-6-10-13/h7-15H,1-6H3;5-13H,4,14-18H2,1-3H3;5-12,24-25H,13H2,1-4H3;1,3-4,7-8,15H,2,5-6,9-10H2. The van der Waals surface area contributed by atoms with Gasteiger partial charge in [0.05, 0.1) is 18.8 Å². The topological polar surface area (TPSA) is 196 Å². The lowest BCUT2D eigenvalue weighted by Gasteiger charge is -2.38. The summed E-state index contributed by atoms with van der Waals surface area (Å²) in [5.41, 5.74) is 6.89. The summed E-state index contributed by atoms with van der Waals surface area (Å²) in [4.78, 5) is 81.7. The highest BCUT2D eigenvalue weighted by atomic mass is 31.2. The van der Waals surface area contributed by atoms with Gasteiger partial charge in [0.15, 0.2) is 23.1 Å². The number of ketones is 4. The summed E-state index contributed by atoms with van der Waals surface area (Å²) in [6.45, 7) is 22.5. The second-order valence-electron chi connectivity index (χ2n) is 27.2. The smallest absolute Gasteiger partial charge is 0.248 e. The van der Waals surface area contributed by atoms with Crippen LogP contribution >= 0.6 is 7.14 Å². The van der Waals surface area contributed by atoms with Crippen LogP contribution in [0.2, 0.25) is 0 Å². The van der Waals surface area contributed by atoms with Crippen molar-refractivity contribution in [2.75, 3.05) is 45.3 Å². The normalized spacial score (nSPS) is 14.4. The van der Waals surface area contributed by atoms with Crippen LogP contribution in [0.4, 0.5) is 5.69 Å². The van der Waals surface area contributed by atoms with Crippen LogP contribution in [0.1, 0.15) is 185 Å². The third-order valence-electron chi connectivity index (χ3n) is 18.3. The Kier molecular flexibility index (Phi) is 26.0. The highest BCUT2D eigenvalue weighted by Crippen LogP contribution is 2.53. The number of morpholine rings is 1. The van der Waals surface area contributed by atoms with Crippen molar-refractivity contribution in [2.45, 2.75) is 150 Å². The van der Waals surface area contributed by atoms with Gasteiger partial charge in [-0.1, -0.05) is 201 Å². The molecule has 1 saturated heterocycles. The number of aliphatic hydroxyl groups is 3. The van der Waals surface area contributed by atoms with Gasteiger partial charge in [-0.25, -0.2) is 0 Å². The average molecular weight is 1330 g/mol. The maximum Gasteiger partial charge on any atom is 0.248 e. The van der Waals surface area contributed by atoms with Gasteiger partial charge >= 0.3 is 0 Å². The van der Waals surface area contributed by atoms with Crippen molar-refractivity contribution in [3.8, 4) is 0 Å². The Hall–Kier alpha value is -8.39. The summed E-state index contributed by atoms with van der Waals surface area (Å²) in [6, 6.07) is 57.7. The maximum absolute atomic E-state index is 14.5. The molecule has 0 bridgehead atoms. The predicted octanol–water partition coefficient (Wildman–Crippen LogP) is 15.6. The molecule has 8 aromatic carbocycles. The zero-order valence-corrected chi connectivity index (χ0v) is 59.7. The quantitative estimate of drug-likeness (QED) is 0.0482. The van der Waals surface area contributed by atoms with E-state index in [2.05, 4.69) is 41.0 Å². The van der Waals surface area contributed by atoms with E-state index >= 15 is 0 Å². The van der Waals surface area contributed by atoms with E-state index in [1.54, 1.807) is 66.7 Å². The van der Waals surface area contributed by atoms with Gasteiger partial charge in [-0.15, -0.1) is 0 Å². The van der Waals surface area contributed by atoms with E-state index in [9.17, 15) is 48.7 Å². The van der Waals surface area contributed by atoms with Crippen LogP contribution in [0.15, 0.2) is 188 Å². The molecule has 0 radical (unpaired) electrons. The predicted molar refractivity (Wildman–Crippen MR) is 390 cm³/mol. The van der Waals surface area contributed by atoms with Gasteiger partial charge in [0.1, 0.15) is 16.8 Å². The molecule has 97 heavy (non-hydrogen) atoms. The molecule has 2 aliphatic rings. The number of anilines is 1. The Morgan fingerprint density at radius 1 is 0.505 bits per heavy atom. The number of aryl methyl sites for hydroxylation is 6. The second kappa shape index (κ2) is 33.2. The number of ether oxygens (including phenoxy) is 1. The third kappa shape index (κ3) is 19.0. The lowest BCUT2D eigenvalue weighted by molar-refractivity contribution is 0.0116. The molecular formula is C83H97N2O11P. The van der Waals surface area contributed by atoms with E-state index in [0.717, 1.165) is 108 Å². The number of carbonyl (C=O) groups excluding carboxylic acids is 6. The van der Waals surface area contributed by atoms with Crippen molar-refractivity contribution >= 4 is 52.3 Å². The van der Waals surface area contributed by atoms with Gasteiger partial charge in [-0.2, -0.15) is 0 Å². The van der Waals surface area contributed by atoms with E-state index in [1.807, 2.05) is 153 Å². The minimum Gasteiger partial charge on any atom is -0.382 e. The lowest BCUT2D eigenvalue weighted by Crippen LogP contribution is -2.52. The Balaban J connectivity index is 0.000000186. The molecule has 14 heteroatoms. The Morgan fingerprint density at radius 3 is 1.28 bits per heavy atom. The SMILES string of the molecule is CC(C)(O)C(=O)c1ccc(Cc2ccc(C(=O)C(C)(C)O)cc2)cc1.CCC(Cc1ccccc1)(C(=O)c1ccc(N2CCOCC2)cc1)N(C)C.Cc1cc(C)c(C(=O)P(=O)(C(=O)c2c(C)cc(C)cc2C)c2ccccc2)c(C)c1.O=C(c1ccccc1)C1(O)CCCCC1. The molecular weight excluding hydrogens is 1230 g/mol. The van der Waals surface area contributed by atoms with Crippen molar-refractivity contribution in [3.63, 3.8) is 0 Å². The lowest BCUT2D eigenvalue weighted by atomic mass is 9.79. The monoisotopic (exact) mass is 1330 g/mol. The number of benzene rings is 8. The largest absolute Gasteiger partial charge is 0.382 e. The first-order valence-electron chi connectivity index (χ1n) is 33.5. The highest BCUT2D eigenvalue weighted by molar-refractivity contribution is 8.01. The van der Waals surface area contributed by atoms with Crippen LogP contribution in [0.25, 0.3) is 0 Å². The fraction of sp³-hybridized carbons (Fsp3) is 0.349. The summed E-state index contributed by atoms with van der Waals surface area (Å²) in [5, 5.41) is 30.1. The van der Waals surface area contributed by atoms with Crippen molar-refractivity contribution in [1.29, 1.82) is 0 Å². The number of likely N-dealkylation sites (N-methyl/N-ethyl adjacent to an activating group) is 1. The Morgan fingerprint density at radius 2 is 0.887 bits per heavy atom. The number of hydrogen-bond donors (Lipinski definition) is 3.